The summed E-state index contributed by atoms with van der Waals surface area (Å²) in [6.07, 6.45) is 0. The second kappa shape index (κ2) is 9.59. The highest BCUT2D eigenvalue weighted by Crippen LogP contribution is 2.28. The average Bonchev–Trinajstić information content (AvgIpc) is 2.83. The summed E-state index contributed by atoms with van der Waals surface area (Å²) >= 11 is 1.64. The number of hydrogen-bond donors (Lipinski definition) is 1. The standard InChI is InChI=1S/C25H23N3O2S/c26-17-19-8-10-20(11-9-19)18-31-24-7-2-1-6-23(24)25(30)28-14-12-27(13-15-28)21-4-3-5-22(29)16-21/h1-11,16,29H,12-15,18H2. The van der Waals surface area contributed by atoms with E-state index >= 15 is 0 Å². The van der Waals surface area contributed by atoms with E-state index in [2.05, 4.69) is 11.0 Å². The molecule has 1 N–H and O–H groups in total. The molecule has 0 saturated carbocycles. The van der Waals surface area contributed by atoms with Gasteiger partial charge in [-0.1, -0.05) is 30.3 Å². The van der Waals surface area contributed by atoms with Crippen LogP contribution in [0.4, 0.5) is 5.69 Å². The number of benzene rings is 3. The molecule has 1 saturated heterocycles. The maximum absolute atomic E-state index is 13.2. The number of phenolic OH excluding ortho intramolecular Hbond substituents is 1. The number of thioether (sulfide) groups is 1. The lowest BCUT2D eigenvalue weighted by molar-refractivity contribution is 0.0743. The summed E-state index contributed by atoms with van der Waals surface area (Å²) in [5.41, 5.74) is 3.47. The minimum absolute atomic E-state index is 0.0542. The molecule has 31 heavy (non-hydrogen) atoms. The molecule has 6 heteroatoms. The number of phenols is 1. The van der Waals surface area contributed by atoms with Gasteiger partial charge in [0, 0.05) is 48.6 Å². The summed E-state index contributed by atoms with van der Waals surface area (Å²) < 4.78 is 0. The van der Waals surface area contributed by atoms with Gasteiger partial charge in [0.15, 0.2) is 0 Å². The lowest BCUT2D eigenvalue weighted by Gasteiger charge is -2.36. The first-order valence-electron chi connectivity index (χ1n) is 10.2. The number of carbonyl (C=O) groups is 1. The molecule has 1 aliphatic rings. The molecule has 1 aliphatic heterocycles. The van der Waals surface area contributed by atoms with Crippen LogP contribution in [0.3, 0.4) is 0 Å². The molecule has 5 nitrogen and oxygen atoms in total. The molecule has 0 aromatic heterocycles. The zero-order valence-corrected chi connectivity index (χ0v) is 17.9. The molecule has 1 fully saturated rings. The van der Waals surface area contributed by atoms with Crippen LogP contribution in [0, 0.1) is 11.3 Å². The Morgan fingerprint density at radius 2 is 1.71 bits per heavy atom. The van der Waals surface area contributed by atoms with Gasteiger partial charge in [-0.05, 0) is 42.0 Å². The third-order valence-corrected chi connectivity index (χ3v) is 6.50. The molecule has 4 rings (SSSR count). The number of hydrogen-bond acceptors (Lipinski definition) is 5. The Kier molecular flexibility index (Phi) is 6.44. The van der Waals surface area contributed by atoms with E-state index in [-0.39, 0.29) is 11.7 Å². The lowest BCUT2D eigenvalue weighted by Crippen LogP contribution is -2.48. The van der Waals surface area contributed by atoms with Crippen LogP contribution in [0.25, 0.3) is 0 Å². The van der Waals surface area contributed by atoms with Crippen molar-refractivity contribution >= 4 is 23.4 Å². The van der Waals surface area contributed by atoms with Crippen LogP contribution in [-0.4, -0.2) is 42.1 Å². The van der Waals surface area contributed by atoms with Crippen LogP contribution >= 0.6 is 11.8 Å². The first kappa shape index (κ1) is 20.8. The van der Waals surface area contributed by atoms with Gasteiger partial charge in [0.1, 0.15) is 5.75 Å². The van der Waals surface area contributed by atoms with Crippen molar-refractivity contribution in [3.8, 4) is 11.8 Å². The highest BCUT2D eigenvalue weighted by molar-refractivity contribution is 7.98. The van der Waals surface area contributed by atoms with E-state index in [1.165, 1.54) is 0 Å². The van der Waals surface area contributed by atoms with Gasteiger partial charge in [0.25, 0.3) is 5.91 Å². The monoisotopic (exact) mass is 429 g/mol. The first-order chi connectivity index (χ1) is 15.1. The van der Waals surface area contributed by atoms with Crippen molar-refractivity contribution in [2.75, 3.05) is 31.1 Å². The highest BCUT2D eigenvalue weighted by Gasteiger charge is 2.24. The minimum Gasteiger partial charge on any atom is -0.508 e. The number of nitrogens with zero attached hydrogens (tertiary/aromatic N) is 3. The predicted octanol–water partition coefficient (Wildman–Crippen LogP) is 4.52. The second-order valence-electron chi connectivity index (χ2n) is 7.39. The zero-order chi connectivity index (χ0) is 21.6. The number of carbonyl (C=O) groups excluding carboxylic acids is 1. The van der Waals surface area contributed by atoms with Crippen molar-refractivity contribution in [3.05, 3.63) is 89.5 Å². The van der Waals surface area contributed by atoms with Gasteiger partial charge in [-0.3, -0.25) is 4.79 Å². The van der Waals surface area contributed by atoms with E-state index in [9.17, 15) is 9.90 Å². The van der Waals surface area contributed by atoms with Crippen LogP contribution < -0.4 is 4.90 Å². The van der Waals surface area contributed by atoms with E-state index in [1.807, 2.05) is 65.6 Å². The number of nitriles is 1. The minimum atomic E-state index is 0.0542. The van der Waals surface area contributed by atoms with Crippen molar-refractivity contribution in [1.29, 1.82) is 5.26 Å². The topological polar surface area (TPSA) is 67.6 Å². The van der Waals surface area contributed by atoms with Gasteiger partial charge >= 0.3 is 0 Å². The van der Waals surface area contributed by atoms with Gasteiger partial charge in [-0.15, -0.1) is 11.8 Å². The summed E-state index contributed by atoms with van der Waals surface area (Å²) in [6.45, 7) is 2.75. The molecule has 0 unspecified atom stereocenters. The van der Waals surface area contributed by atoms with Gasteiger partial charge in [0.2, 0.25) is 0 Å². The van der Waals surface area contributed by atoms with Gasteiger partial charge in [0.05, 0.1) is 17.2 Å². The SMILES string of the molecule is N#Cc1ccc(CSc2ccccc2C(=O)N2CCN(c3cccc(O)c3)CC2)cc1. The number of rotatable bonds is 5. The van der Waals surface area contributed by atoms with E-state index < -0.39 is 0 Å². The molecule has 0 bridgehead atoms. The largest absolute Gasteiger partial charge is 0.508 e. The van der Waals surface area contributed by atoms with E-state index in [0.717, 1.165) is 40.6 Å². The molecule has 0 aliphatic carbocycles. The summed E-state index contributed by atoms with van der Waals surface area (Å²) in [6, 6.07) is 24.7. The summed E-state index contributed by atoms with van der Waals surface area (Å²) in [4.78, 5) is 18.3. The summed E-state index contributed by atoms with van der Waals surface area (Å²) in [7, 11) is 0. The number of amides is 1. The third kappa shape index (κ3) is 5.01. The lowest BCUT2D eigenvalue weighted by atomic mass is 10.1. The molecular weight excluding hydrogens is 406 g/mol. The van der Waals surface area contributed by atoms with Crippen molar-refractivity contribution < 1.29 is 9.90 Å². The van der Waals surface area contributed by atoms with E-state index in [0.29, 0.717) is 18.7 Å². The number of anilines is 1. The molecule has 3 aromatic rings. The van der Waals surface area contributed by atoms with Crippen molar-refractivity contribution in [2.45, 2.75) is 10.6 Å². The van der Waals surface area contributed by atoms with Gasteiger partial charge in [-0.2, -0.15) is 5.26 Å². The average molecular weight is 430 g/mol. The molecule has 0 atom stereocenters. The van der Waals surface area contributed by atoms with Crippen molar-refractivity contribution in [1.82, 2.24) is 4.90 Å². The Morgan fingerprint density at radius 3 is 2.42 bits per heavy atom. The normalized spacial score (nSPS) is 13.6. The van der Waals surface area contributed by atoms with Crippen LogP contribution in [0.1, 0.15) is 21.5 Å². The number of aromatic hydroxyl groups is 1. The van der Waals surface area contributed by atoms with Crippen LogP contribution in [0.15, 0.2) is 77.7 Å². The quantitative estimate of drug-likeness (QED) is 0.604. The van der Waals surface area contributed by atoms with Crippen molar-refractivity contribution in [2.24, 2.45) is 0 Å². The molecular formula is C25H23N3O2S. The molecule has 0 radical (unpaired) electrons. The van der Waals surface area contributed by atoms with Gasteiger partial charge in [-0.25, -0.2) is 0 Å². The molecule has 1 heterocycles. The maximum Gasteiger partial charge on any atom is 0.255 e. The fourth-order valence-corrected chi connectivity index (χ4v) is 4.63. The van der Waals surface area contributed by atoms with Gasteiger partial charge < -0.3 is 14.9 Å². The molecule has 1 amide bonds. The smallest absolute Gasteiger partial charge is 0.255 e. The molecule has 156 valence electrons. The maximum atomic E-state index is 13.2. The fraction of sp³-hybridized carbons (Fsp3) is 0.200. The zero-order valence-electron chi connectivity index (χ0n) is 17.1. The van der Waals surface area contributed by atoms with Crippen molar-refractivity contribution in [3.63, 3.8) is 0 Å². The second-order valence-corrected chi connectivity index (χ2v) is 8.41. The Balaban J connectivity index is 1.40. The molecule has 3 aromatic carbocycles. The van der Waals surface area contributed by atoms with Crippen LogP contribution in [-0.2, 0) is 5.75 Å². The van der Waals surface area contributed by atoms with E-state index in [4.69, 9.17) is 5.26 Å². The third-order valence-electron chi connectivity index (χ3n) is 5.36. The summed E-state index contributed by atoms with van der Waals surface area (Å²) in [5, 5.41) is 18.7. The van der Waals surface area contributed by atoms with E-state index in [1.54, 1.807) is 23.9 Å². The number of piperazine rings is 1. The van der Waals surface area contributed by atoms with Crippen LogP contribution in [0.5, 0.6) is 5.75 Å². The Labute approximate surface area is 186 Å². The predicted molar refractivity (Wildman–Crippen MR) is 123 cm³/mol. The summed E-state index contributed by atoms with van der Waals surface area (Å²) in [5.74, 6) is 1.05. The fourth-order valence-electron chi connectivity index (χ4n) is 3.63. The van der Waals surface area contributed by atoms with Crippen LogP contribution in [0.2, 0.25) is 0 Å². The Hall–Kier alpha value is -3.43. The Morgan fingerprint density at radius 1 is 0.968 bits per heavy atom. The molecule has 0 spiro atoms. The highest BCUT2D eigenvalue weighted by atomic mass is 32.2. The Bertz CT molecular complexity index is 1100. The first-order valence-corrected chi connectivity index (χ1v) is 11.2.